The summed E-state index contributed by atoms with van der Waals surface area (Å²) in [6.45, 7) is 1.44. The highest BCUT2D eigenvalue weighted by Crippen LogP contribution is 2.43. The molecule has 0 bridgehead atoms. The van der Waals surface area contributed by atoms with Gasteiger partial charge in [-0.1, -0.05) is 0 Å². The van der Waals surface area contributed by atoms with Gasteiger partial charge in [0.1, 0.15) is 0 Å². The van der Waals surface area contributed by atoms with Crippen molar-refractivity contribution in [2.24, 2.45) is 11.1 Å². The molecule has 2 aliphatic rings. The summed E-state index contributed by atoms with van der Waals surface area (Å²) in [6.07, 6.45) is 4.61. The highest BCUT2D eigenvalue weighted by Gasteiger charge is 2.41. The third-order valence-electron chi connectivity index (χ3n) is 3.80. The van der Waals surface area contributed by atoms with Gasteiger partial charge in [0.05, 0.1) is 0 Å². The van der Waals surface area contributed by atoms with Crippen molar-refractivity contribution >= 4 is 6.09 Å². The summed E-state index contributed by atoms with van der Waals surface area (Å²) in [4.78, 5) is 12.3. The Hall–Kier alpha value is -0.770. The molecule has 0 unspecified atom stereocenters. The molecule has 2 rings (SSSR count). The summed E-state index contributed by atoms with van der Waals surface area (Å²) in [5.41, 5.74) is 6.12. The molecule has 1 saturated carbocycles. The van der Waals surface area contributed by atoms with Gasteiger partial charge in [0, 0.05) is 19.1 Å². The van der Waals surface area contributed by atoms with Crippen LogP contribution in [-0.2, 0) is 0 Å². The van der Waals surface area contributed by atoms with Gasteiger partial charge in [0.25, 0.3) is 0 Å². The largest absolute Gasteiger partial charge is 0.465 e. The fraction of sp³-hybridized carbons (Fsp3) is 0.900. The molecule has 1 aliphatic heterocycles. The third-order valence-corrected chi connectivity index (χ3v) is 3.80. The van der Waals surface area contributed by atoms with E-state index in [2.05, 4.69) is 0 Å². The fourth-order valence-electron chi connectivity index (χ4n) is 2.76. The third kappa shape index (κ3) is 1.71. The van der Waals surface area contributed by atoms with Crippen LogP contribution in [0.3, 0.4) is 0 Å². The normalized spacial score (nSPS) is 37.8. The van der Waals surface area contributed by atoms with Crippen molar-refractivity contribution in [1.82, 2.24) is 4.90 Å². The van der Waals surface area contributed by atoms with Gasteiger partial charge < -0.3 is 15.7 Å². The number of carboxylic acid groups (broad SMARTS) is 1. The topological polar surface area (TPSA) is 66.6 Å². The average molecular weight is 198 g/mol. The highest BCUT2D eigenvalue weighted by atomic mass is 16.4. The molecule has 0 atom stereocenters. The van der Waals surface area contributed by atoms with Crippen molar-refractivity contribution in [1.29, 1.82) is 0 Å². The van der Waals surface area contributed by atoms with E-state index in [-0.39, 0.29) is 5.41 Å². The Kier molecular flexibility index (Phi) is 2.39. The molecule has 1 spiro atoms. The predicted molar refractivity (Wildman–Crippen MR) is 53.1 cm³/mol. The molecule has 2 fully saturated rings. The number of likely N-dealkylation sites (tertiary alicyclic amines) is 1. The van der Waals surface area contributed by atoms with Crippen LogP contribution in [0.2, 0.25) is 0 Å². The van der Waals surface area contributed by atoms with E-state index in [1.807, 2.05) is 0 Å². The van der Waals surface area contributed by atoms with Crippen molar-refractivity contribution in [3.8, 4) is 0 Å². The lowest BCUT2D eigenvalue weighted by molar-refractivity contribution is 0.137. The fourth-order valence-corrected chi connectivity index (χ4v) is 2.76. The Bertz CT molecular complexity index is 234. The maximum atomic E-state index is 10.8. The zero-order valence-electron chi connectivity index (χ0n) is 8.41. The second kappa shape index (κ2) is 3.42. The van der Waals surface area contributed by atoms with Crippen LogP contribution in [-0.4, -0.2) is 35.2 Å². The summed E-state index contributed by atoms with van der Waals surface area (Å²) < 4.78 is 0. The van der Waals surface area contributed by atoms with Gasteiger partial charge in [-0.05, 0) is 37.5 Å². The number of hydrogen-bond donors (Lipinski definition) is 2. The number of rotatable bonds is 0. The van der Waals surface area contributed by atoms with Crippen LogP contribution in [0.5, 0.6) is 0 Å². The van der Waals surface area contributed by atoms with E-state index in [9.17, 15) is 4.79 Å². The Morgan fingerprint density at radius 2 is 2.00 bits per heavy atom. The SMILES string of the molecule is NC1CCC2(CC1)CCN(C(=O)O)C2. The zero-order chi connectivity index (χ0) is 10.2. The van der Waals surface area contributed by atoms with Crippen molar-refractivity contribution in [3.05, 3.63) is 0 Å². The molecule has 80 valence electrons. The first kappa shape index (κ1) is 9.77. The van der Waals surface area contributed by atoms with Crippen LogP contribution >= 0.6 is 0 Å². The van der Waals surface area contributed by atoms with E-state index in [0.29, 0.717) is 12.6 Å². The Labute approximate surface area is 84.1 Å². The van der Waals surface area contributed by atoms with E-state index in [0.717, 1.165) is 38.6 Å². The van der Waals surface area contributed by atoms with E-state index in [4.69, 9.17) is 10.8 Å². The molecule has 3 N–H and O–H groups in total. The molecule has 1 aliphatic carbocycles. The van der Waals surface area contributed by atoms with Gasteiger partial charge >= 0.3 is 6.09 Å². The van der Waals surface area contributed by atoms with Crippen LogP contribution in [0, 0.1) is 5.41 Å². The van der Waals surface area contributed by atoms with Gasteiger partial charge in [-0.15, -0.1) is 0 Å². The molecule has 4 nitrogen and oxygen atoms in total. The van der Waals surface area contributed by atoms with Gasteiger partial charge in [0.2, 0.25) is 0 Å². The number of nitrogens with two attached hydrogens (primary N) is 1. The first-order chi connectivity index (χ1) is 6.61. The summed E-state index contributed by atoms with van der Waals surface area (Å²) in [7, 11) is 0. The lowest BCUT2D eigenvalue weighted by Crippen LogP contribution is -2.37. The average Bonchev–Trinajstić information content (AvgIpc) is 2.56. The van der Waals surface area contributed by atoms with E-state index < -0.39 is 6.09 Å². The van der Waals surface area contributed by atoms with Gasteiger partial charge in [0.15, 0.2) is 0 Å². The highest BCUT2D eigenvalue weighted by molar-refractivity contribution is 5.65. The lowest BCUT2D eigenvalue weighted by atomic mass is 9.72. The minimum atomic E-state index is -0.767. The second-order valence-electron chi connectivity index (χ2n) is 4.79. The van der Waals surface area contributed by atoms with Crippen LogP contribution in [0.4, 0.5) is 4.79 Å². The zero-order valence-corrected chi connectivity index (χ0v) is 8.41. The van der Waals surface area contributed by atoms with Crippen LogP contribution < -0.4 is 5.73 Å². The maximum Gasteiger partial charge on any atom is 0.407 e. The van der Waals surface area contributed by atoms with E-state index in [1.54, 1.807) is 4.90 Å². The summed E-state index contributed by atoms with van der Waals surface area (Å²) in [5.74, 6) is 0. The molecule has 4 heteroatoms. The molecular weight excluding hydrogens is 180 g/mol. The van der Waals surface area contributed by atoms with E-state index in [1.165, 1.54) is 0 Å². The molecule has 1 saturated heterocycles. The van der Waals surface area contributed by atoms with Gasteiger partial charge in [-0.3, -0.25) is 0 Å². The summed E-state index contributed by atoms with van der Waals surface area (Å²) >= 11 is 0. The molecule has 1 amide bonds. The summed E-state index contributed by atoms with van der Waals surface area (Å²) in [5, 5.41) is 8.88. The Balaban J connectivity index is 1.96. The maximum absolute atomic E-state index is 10.8. The molecule has 0 radical (unpaired) electrons. The molecular formula is C10H18N2O2. The molecule has 0 aromatic rings. The standard InChI is InChI=1S/C10H18N2O2/c11-8-1-3-10(4-2-8)5-6-12(7-10)9(13)14/h8H,1-7,11H2,(H,13,14). The van der Waals surface area contributed by atoms with Gasteiger partial charge in [-0.25, -0.2) is 4.79 Å². The predicted octanol–water partition coefficient (Wildman–Crippen LogP) is 1.26. The molecule has 0 aromatic carbocycles. The number of amides is 1. The van der Waals surface area contributed by atoms with Crippen molar-refractivity contribution in [2.75, 3.05) is 13.1 Å². The minimum absolute atomic E-state index is 0.272. The Morgan fingerprint density at radius 3 is 2.50 bits per heavy atom. The first-order valence-corrected chi connectivity index (χ1v) is 5.35. The van der Waals surface area contributed by atoms with Crippen LogP contribution in [0.25, 0.3) is 0 Å². The lowest BCUT2D eigenvalue weighted by Gasteiger charge is -2.35. The quantitative estimate of drug-likeness (QED) is 0.615. The van der Waals surface area contributed by atoms with Crippen LogP contribution in [0.15, 0.2) is 0 Å². The number of nitrogens with zero attached hydrogens (tertiary/aromatic N) is 1. The van der Waals surface area contributed by atoms with Crippen molar-refractivity contribution in [3.63, 3.8) is 0 Å². The number of carbonyl (C=O) groups is 1. The van der Waals surface area contributed by atoms with E-state index >= 15 is 0 Å². The van der Waals surface area contributed by atoms with Crippen LogP contribution in [0.1, 0.15) is 32.1 Å². The smallest absolute Gasteiger partial charge is 0.407 e. The molecule has 1 heterocycles. The summed E-state index contributed by atoms with van der Waals surface area (Å²) in [6, 6.07) is 0.347. The first-order valence-electron chi connectivity index (χ1n) is 5.35. The monoisotopic (exact) mass is 198 g/mol. The van der Waals surface area contributed by atoms with Crippen molar-refractivity contribution < 1.29 is 9.90 Å². The number of hydrogen-bond acceptors (Lipinski definition) is 2. The second-order valence-corrected chi connectivity index (χ2v) is 4.79. The van der Waals surface area contributed by atoms with Gasteiger partial charge in [-0.2, -0.15) is 0 Å². The van der Waals surface area contributed by atoms with Crippen molar-refractivity contribution in [2.45, 2.75) is 38.1 Å². The molecule has 0 aromatic heterocycles. The Morgan fingerprint density at radius 1 is 1.36 bits per heavy atom. The molecule has 14 heavy (non-hydrogen) atoms. The minimum Gasteiger partial charge on any atom is -0.465 e.